The number of nitrogens with one attached hydrogen (secondary N) is 1. The van der Waals surface area contributed by atoms with E-state index >= 15 is 0 Å². The van der Waals surface area contributed by atoms with Crippen molar-refractivity contribution in [3.63, 3.8) is 0 Å². The van der Waals surface area contributed by atoms with Gasteiger partial charge in [-0.15, -0.1) is 0 Å². The number of hydrogen-bond donors (Lipinski definition) is 1. The van der Waals surface area contributed by atoms with Crippen LogP contribution in [0.25, 0.3) is 0 Å². The molecule has 0 radical (unpaired) electrons. The Hall–Kier alpha value is -3.11. The number of halogens is 7. The largest absolute Gasteiger partial charge is 0.416 e. The molecule has 1 atom stereocenters. The zero-order valence-electron chi connectivity index (χ0n) is 15.6. The first-order chi connectivity index (χ1) is 14.3. The van der Waals surface area contributed by atoms with E-state index in [9.17, 15) is 40.3 Å². The van der Waals surface area contributed by atoms with Crippen LogP contribution >= 0.6 is 0 Å². The minimum atomic E-state index is -5.07. The van der Waals surface area contributed by atoms with E-state index < -0.39 is 46.7 Å². The average molecular weight is 448 g/mol. The van der Waals surface area contributed by atoms with Crippen LogP contribution < -0.4 is 10.2 Å². The Balaban J connectivity index is 1.71. The summed E-state index contributed by atoms with van der Waals surface area (Å²) in [6.07, 6.45) is -10.1. The molecule has 1 aliphatic heterocycles. The highest BCUT2D eigenvalue weighted by atomic mass is 19.4. The number of benzene rings is 2. The minimum Gasteiger partial charge on any atom is -0.352 e. The lowest BCUT2D eigenvalue weighted by Gasteiger charge is -2.17. The summed E-state index contributed by atoms with van der Waals surface area (Å²) >= 11 is 0. The Bertz CT molecular complexity index is 952. The summed E-state index contributed by atoms with van der Waals surface area (Å²) in [6, 6.07) is 5.76. The SMILES string of the molecule is O=C(NCC1CC(=O)N(c2ccc(F)cc2)C1)c1cc(C(F)(F)F)cc(C(F)(F)F)c1. The molecule has 0 bridgehead atoms. The van der Waals surface area contributed by atoms with E-state index in [1.165, 1.54) is 29.2 Å². The third-order valence-electron chi connectivity index (χ3n) is 4.74. The number of carbonyl (C=O) groups excluding carboxylic acids is 2. The molecular weight excluding hydrogens is 433 g/mol. The van der Waals surface area contributed by atoms with E-state index in [4.69, 9.17) is 0 Å². The van der Waals surface area contributed by atoms with E-state index in [0.29, 0.717) is 17.8 Å². The molecule has 1 saturated heterocycles. The van der Waals surface area contributed by atoms with Crippen LogP contribution in [0.15, 0.2) is 42.5 Å². The van der Waals surface area contributed by atoms with Crippen LogP contribution in [0, 0.1) is 11.7 Å². The van der Waals surface area contributed by atoms with Gasteiger partial charge in [-0.1, -0.05) is 0 Å². The predicted octanol–water partition coefficient (Wildman–Crippen LogP) is 4.65. The monoisotopic (exact) mass is 448 g/mol. The molecule has 1 N–H and O–H groups in total. The normalized spacial score (nSPS) is 17.2. The molecular formula is C20H15F7N2O2. The molecule has 4 nitrogen and oxygen atoms in total. The number of carbonyl (C=O) groups is 2. The lowest BCUT2D eigenvalue weighted by molar-refractivity contribution is -0.143. The number of hydrogen-bond acceptors (Lipinski definition) is 2. The molecule has 1 aliphatic rings. The van der Waals surface area contributed by atoms with Gasteiger partial charge < -0.3 is 10.2 Å². The highest BCUT2D eigenvalue weighted by Crippen LogP contribution is 2.36. The summed E-state index contributed by atoms with van der Waals surface area (Å²) in [7, 11) is 0. The maximum absolute atomic E-state index is 13.0. The highest BCUT2D eigenvalue weighted by molar-refractivity contribution is 5.96. The maximum Gasteiger partial charge on any atom is 0.416 e. The van der Waals surface area contributed by atoms with Gasteiger partial charge in [0, 0.05) is 36.7 Å². The fourth-order valence-electron chi connectivity index (χ4n) is 3.21. The molecule has 1 unspecified atom stereocenters. The van der Waals surface area contributed by atoms with Gasteiger partial charge in [-0.05, 0) is 42.5 Å². The van der Waals surface area contributed by atoms with Crippen molar-refractivity contribution in [2.24, 2.45) is 5.92 Å². The number of amides is 2. The van der Waals surface area contributed by atoms with Gasteiger partial charge >= 0.3 is 12.4 Å². The molecule has 0 aromatic heterocycles. The Labute approximate surface area is 171 Å². The van der Waals surface area contributed by atoms with Crippen LogP contribution in [-0.4, -0.2) is 24.9 Å². The van der Waals surface area contributed by atoms with Gasteiger partial charge in [0.1, 0.15) is 5.82 Å². The molecule has 166 valence electrons. The quantitative estimate of drug-likeness (QED) is 0.693. The summed E-state index contributed by atoms with van der Waals surface area (Å²) in [5.74, 6) is -2.33. The smallest absolute Gasteiger partial charge is 0.352 e. The van der Waals surface area contributed by atoms with Crippen LogP contribution in [0.4, 0.5) is 36.4 Å². The van der Waals surface area contributed by atoms with E-state index in [0.717, 1.165) is 0 Å². The predicted molar refractivity (Wildman–Crippen MR) is 95.6 cm³/mol. The second-order valence-corrected chi connectivity index (χ2v) is 7.06. The Morgan fingerprint density at radius 2 is 1.52 bits per heavy atom. The molecule has 31 heavy (non-hydrogen) atoms. The fraction of sp³-hybridized carbons (Fsp3) is 0.300. The minimum absolute atomic E-state index is 0.00798. The van der Waals surface area contributed by atoms with E-state index in [1.807, 2.05) is 0 Å². The first-order valence-electron chi connectivity index (χ1n) is 8.98. The number of alkyl halides is 6. The topological polar surface area (TPSA) is 49.4 Å². The van der Waals surface area contributed by atoms with Crippen LogP contribution in [0.3, 0.4) is 0 Å². The molecule has 0 saturated carbocycles. The van der Waals surface area contributed by atoms with Crippen molar-refractivity contribution in [2.75, 3.05) is 18.0 Å². The first-order valence-corrected chi connectivity index (χ1v) is 8.98. The zero-order chi connectivity index (χ0) is 23.0. The number of nitrogens with zero attached hydrogens (tertiary/aromatic N) is 1. The van der Waals surface area contributed by atoms with Gasteiger partial charge in [-0.25, -0.2) is 4.39 Å². The summed E-state index contributed by atoms with van der Waals surface area (Å²) in [5, 5.41) is 2.29. The van der Waals surface area contributed by atoms with Crippen LogP contribution in [-0.2, 0) is 17.1 Å². The number of anilines is 1. The van der Waals surface area contributed by atoms with Gasteiger partial charge in [0.2, 0.25) is 5.91 Å². The molecule has 0 spiro atoms. The van der Waals surface area contributed by atoms with Crippen molar-refractivity contribution in [3.05, 3.63) is 65.0 Å². The molecule has 1 heterocycles. The van der Waals surface area contributed by atoms with Crippen molar-refractivity contribution in [1.82, 2.24) is 5.32 Å². The van der Waals surface area contributed by atoms with E-state index in [-0.39, 0.29) is 31.5 Å². The first kappa shape index (κ1) is 22.6. The van der Waals surface area contributed by atoms with E-state index in [2.05, 4.69) is 5.32 Å². The van der Waals surface area contributed by atoms with Crippen LogP contribution in [0.5, 0.6) is 0 Å². The van der Waals surface area contributed by atoms with Crippen LogP contribution in [0.2, 0.25) is 0 Å². The summed E-state index contributed by atoms with van der Waals surface area (Å²) in [6.45, 7) is 0.0149. The van der Waals surface area contributed by atoms with Gasteiger partial charge in [0.25, 0.3) is 5.91 Å². The van der Waals surface area contributed by atoms with Crippen molar-refractivity contribution < 1.29 is 40.3 Å². The van der Waals surface area contributed by atoms with Crippen LogP contribution in [0.1, 0.15) is 27.9 Å². The van der Waals surface area contributed by atoms with E-state index in [1.54, 1.807) is 0 Å². The molecule has 2 amide bonds. The summed E-state index contributed by atoms with van der Waals surface area (Å²) in [4.78, 5) is 25.8. The Kier molecular flexibility index (Phi) is 5.97. The molecule has 3 rings (SSSR count). The summed E-state index contributed by atoms with van der Waals surface area (Å²) < 4.78 is 90.7. The zero-order valence-corrected chi connectivity index (χ0v) is 15.6. The third-order valence-corrected chi connectivity index (χ3v) is 4.74. The number of rotatable bonds is 4. The summed E-state index contributed by atoms with van der Waals surface area (Å²) in [5.41, 5.74) is -3.54. The second kappa shape index (κ2) is 8.20. The molecule has 2 aromatic carbocycles. The highest BCUT2D eigenvalue weighted by Gasteiger charge is 2.38. The van der Waals surface area contributed by atoms with Crippen molar-refractivity contribution in [1.29, 1.82) is 0 Å². The van der Waals surface area contributed by atoms with Crippen molar-refractivity contribution >= 4 is 17.5 Å². The van der Waals surface area contributed by atoms with Crippen molar-refractivity contribution in [3.8, 4) is 0 Å². The lowest BCUT2D eigenvalue weighted by Crippen LogP contribution is -2.31. The molecule has 0 aliphatic carbocycles. The second-order valence-electron chi connectivity index (χ2n) is 7.06. The Morgan fingerprint density at radius 1 is 0.968 bits per heavy atom. The van der Waals surface area contributed by atoms with Gasteiger partial charge in [0.15, 0.2) is 0 Å². The van der Waals surface area contributed by atoms with Gasteiger partial charge in [-0.2, -0.15) is 26.3 Å². The Morgan fingerprint density at radius 3 is 2.03 bits per heavy atom. The van der Waals surface area contributed by atoms with Gasteiger partial charge in [0.05, 0.1) is 11.1 Å². The molecule has 11 heteroatoms. The molecule has 1 fully saturated rings. The lowest BCUT2D eigenvalue weighted by atomic mass is 10.0. The maximum atomic E-state index is 13.0. The van der Waals surface area contributed by atoms with Gasteiger partial charge in [-0.3, -0.25) is 9.59 Å². The third kappa shape index (κ3) is 5.33. The molecule has 2 aromatic rings. The fourth-order valence-corrected chi connectivity index (χ4v) is 3.21. The van der Waals surface area contributed by atoms with Crippen molar-refractivity contribution in [2.45, 2.75) is 18.8 Å². The average Bonchev–Trinajstić information content (AvgIpc) is 3.05. The standard InChI is InChI=1S/C20H15F7N2O2/c21-15-1-3-16(4-2-15)29-10-11(5-17(29)30)9-28-18(31)12-6-13(19(22,23)24)8-14(7-12)20(25,26)27/h1-4,6-8,11H,5,9-10H2,(H,28,31).